The lowest BCUT2D eigenvalue weighted by atomic mass is 10.1. The Kier molecular flexibility index (Phi) is 4.81. The summed E-state index contributed by atoms with van der Waals surface area (Å²) in [7, 11) is 1.66. The van der Waals surface area contributed by atoms with Crippen LogP contribution < -0.4 is 5.32 Å². The van der Waals surface area contributed by atoms with Crippen molar-refractivity contribution in [2.45, 2.75) is 13.0 Å². The smallest absolute Gasteiger partial charge is 0.187 e. The van der Waals surface area contributed by atoms with E-state index in [9.17, 15) is 4.39 Å². The maximum Gasteiger partial charge on any atom is 0.187 e. The number of aryl methyl sites for hydroxylation is 1. The lowest BCUT2D eigenvalue weighted by molar-refractivity contribution is 0.506. The molecule has 0 spiro atoms. The van der Waals surface area contributed by atoms with E-state index in [1.807, 2.05) is 60.7 Å². The van der Waals surface area contributed by atoms with Crippen molar-refractivity contribution in [3.63, 3.8) is 0 Å². The third-order valence-electron chi connectivity index (χ3n) is 5.60. The van der Waals surface area contributed by atoms with Crippen LogP contribution in [0.1, 0.15) is 18.5 Å². The molecule has 5 aromatic rings. The van der Waals surface area contributed by atoms with Gasteiger partial charge in [0.1, 0.15) is 16.9 Å². The standard InChI is InChI=1S/C25H19F3N4/c1-14(15-9-5-3-6-10-15)29-24-19(26)17-13-18-22(16-11-7-4-8-12-16)31-32(2)25(18)30-23(17)20(27)21(24)28/h3-14,29H,1-2H3/t14-/m1/s1. The normalized spacial score (nSPS) is 12.4. The van der Waals surface area contributed by atoms with Crippen LogP contribution in [0.5, 0.6) is 0 Å². The van der Waals surface area contributed by atoms with Crippen LogP contribution in [0.3, 0.4) is 0 Å². The predicted octanol–water partition coefficient (Wildman–Crippen LogP) is 6.38. The van der Waals surface area contributed by atoms with Crippen LogP contribution in [0, 0.1) is 17.5 Å². The monoisotopic (exact) mass is 432 g/mol. The van der Waals surface area contributed by atoms with E-state index in [1.165, 1.54) is 10.7 Å². The summed E-state index contributed by atoms with van der Waals surface area (Å²) in [5.74, 6) is -3.39. The van der Waals surface area contributed by atoms with Gasteiger partial charge in [0.2, 0.25) is 0 Å². The molecule has 0 unspecified atom stereocenters. The Labute approximate surface area is 182 Å². The Morgan fingerprint density at radius 1 is 0.844 bits per heavy atom. The van der Waals surface area contributed by atoms with Gasteiger partial charge in [0.05, 0.1) is 0 Å². The quantitative estimate of drug-likeness (QED) is 0.335. The molecule has 0 bridgehead atoms. The van der Waals surface area contributed by atoms with Gasteiger partial charge >= 0.3 is 0 Å². The number of anilines is 1. The number of aromatic nitrogens is 3. The Balaban J connectivity index is 1.71. The van der Waals surface area contributed by atoms with E-state index >= 15 is 8.78 Å². The number of nitrogens with zero attached hydrogens (tertiary/aromatic N) is 3. The molecular formula is C25H19F3N4. The summed E-state index contributed by atoms with van der Waals surface area (Å²) in [4.78, 5) is 4.24. The van der Waals surface area contributed by atoms with E-state index in [0.717, 1.165) is 11.1 Å². The zero-order chi connectivity index (χ0) is 22.4. The molecule has 0 saturated carbocycles. The van der Waals surface area contributed by atoms with Gasteiger partial charge in [-0.1, -0.05) is 60.7 Å². The third-order valence-corrected chi connectivity index (χ3v) is 5.60. The summed E-state index contributed by atoms with van der Waals surface area (Å²) in [5, 5.41) is 7.71. The van der Waals surface area contributed by atoms with Crippen molar-refractivity contribution in [1.82, 2.24) is 14.8 Å². The Hall–Kier alpha value is -3.87. The van der Waals surface area contributed by atoms with Gasteiger partial charge in [-0.05, 0) is 18.6 Å². The molecule has 0 aliphatic heterocycles. The molecule has 160 valence electrons. The fraction of sp³-hybridized carbons (Fsp3) is 0.120. The molecule has 32 heavy (non-hydrogen) atoms. The molecule has 4 nitrogen and oxygen atoms in total. The van der Waals surface area contributed by atoms with Gasteiger partial charge in [-0.2, -0.15) is 5.10 Å². The van der Waals surface area contributed by atoms with Gasteiger partial charge in [0.25, 0.3) is 0 Å². The summed E-state index contributed by atoms with van der Waals surface area (Å²) >= 11 is 0. The van der Waals surface area contributed by atoms with Crippen LogP contribution in [0.2, 0.25) is 0 Å². The number of hydrogen-bond donors (Lipinski definition) is 1. The van der Waals surface area contributed by atoms with Gasteiger partial charge in [0.15, 0.2) is 23.1 Å². The van der Waals surface area contributed by atoms with E-state index in [4.69, 9.17) is 0 Å². The van der Waals surface area contributed by atoms with E-state index in [1.54, 1.807) is 14.0 Å². The number of fused-ring (bicyclic) bond motifs is 2. The maximum atomic E-state index is 15.5. The van der Waals surface area contributed by atoms with Crippen LogP contribution in [0.15, 0.2) is 66.7 Å². The Bertz CT molecular complexity index is 1450. The Morgan fingerprint density at radius 3 is 2.19 bits per heavy atom. The average molecular weight is 432 g/mol. The number of nitrogens with one attached hydrogen (secondary N) is 1. The first-order valence-electron chi connectivity index (χ1n) is 10.2. The van der Waals surface area contributed by atoms with Crippen molar-refractivity contribution in [3.8, 4) is 11.3 Å². The second-order valence-electron chi connectivity index (χ2n) is 7.69. The minimum absolute atomic E-state index is 0.107. The summed E-state index contributed by atoms with van der Waals surface area (Å²) in [5.41, 5.74) is 1.68. The van der Waals surface area contributed by atoms with E-state index in [-0.39, 0.29) is 10.9 Å². The molecule has 0 aliphatic rings. The van der Waals surface area contributed by atoms with Crippen LogP contribution in [0.25, 0.3) is 33.2 Å². The first kappa shape index (κ1) is 20.1. The van der Waals surface area contributed by atoms with Crippen LogP contribution in [-0.4, -0.2) is 14.8 Å². The van der Waals surface area contributed by atoms with Gasteiger partial charge in [0, 0.05) is 29.4 Å². The second kappa shape index (κ2) is 7.67. The molecule has 7 heteroatoms. The lowest BCUT2D eigenvalue weighted by Crippen LogP contribution is -2.11. The second-order valence-corrected chi connectivity index (χ2v) is 7.69. The van der Waals surface area contributed by atoms with E-state index in [0.29, 0.717) is 16.7 Å². The molecule has 1 N–H and O–H groups in total. The molecule has 3 aromatic carbocycles. The summed E-state index contributed by atoms with van der Waals surface area (Å²) in [6.45, 7) is 1.76. The highest BCUT2D eigenvalue weighted by Gasteiger charge is 2.25. The van der Waals surface area contributed by atoms with E-state index in [2.05, 4.69) is 15.4 Å². The minimum atomic E-state index is -1.30. The first-order chi connectivity index (χ1) is 15.5. The molecular weight excluding hydrogens is 413 g/mol. The number of pyridine rings is 1. The maximum absolute atomic E-state index is 15.5. The number of rotatable bonds is 4. The number of halogens is 3. The van der Waals surface area contributed by atoms with Gasteiger partial charge in [-0.25, -0.2) is 22.8 Å². The number of benzene rings is 3. The van der Waals surface area contributed by atoms with Crippen molar-refractivity contribution in [3.05, 3.63) is 89.7 Å². The summed E-state index contributed by atoms with van der Waals surface area (Å²) in [6, 6.07) is 19.6. The molecule has 0 aliphatic carbocycles. The highest BCUT2D eigenvalue weighted by molar-refractivity contribution is 6.00. The average Bonchev–Trinajstić information content (AvgIpc) is 3.16. The minimum Gasteiger partial charge on any atom is -0.374 e. The molecule has 0 amide bonds. The van der Waals surface area contributed by atoms with Gasteiger partial charge in [-0.3, -0.25) is 0 Å². The van der Waals surface area contributed by atoms with Gasteiger partial charge < -0.3 is 5.32 Å². The zero-order valence-corrected chi connectivity index (χ0v) is 17.4. The van der Waals surface area contributed by atoms with Crippen molar-refractivity contribution >= 4 is 27.6 Å². The summed E-state index contributed by atoms with van der Waals surface area (Å²) in [6.07, 6.45) is 0. The SMILES string of the molecule is C[C@@H](Nc1c(F)c(F)c2nc3c(cc2c1F)c(-c1ccccc1)nn3C)c1ccccc1. The fourth-order valence-corrected chi connectivity index (χ4v) is 3.93. The van der Waals surface area contributed by atoms with Crippen molar-refractivity contribution in [2.24, 2.45) is 7.05 Å². The topological polar surface area (TPSA) is 42.7 Å². The largest absolute Gasteiger partial charge is 0.374 e. The van der Waals surface area contributed by atoms with Crippen LogP contribution in [0.4, 0.5) is 18.9 Å². The van der Waals surface area contributed by atoms with Crippen molar-refractivity contribution in [2.75, 3.05) is 5.32 Å². The predicted molar refractivity (Wildman–Crippen MR) is 120 cm³/mol. The molecule has 2 aromatic heterocycles. The van der Waals surface area contributed by atoms with Crippen LogP contribution in [-0.2, 0) is 7.05 Å². The highest BCUT2D eigenvalue weighted by Crippen LogP contribution is 2.36. The lowest BCUT2D eigenvalue weighted by Gasteiger charge is -2.18. The molecule has 1 atom stereocenters. The molecule has 0 saturated heterocycles. The van der Waals surface area contributed by atoms with Crippen molar-refractivity contribution < 1.29 is 13.2 Å². The zero-order valence-electron chi connectivity index (χ0n) is 17.4. The molecule has 5 rings (SSSR count). The highest BCUT2D eigenvalue weighted by atomic mass is 19.2. The van der Waals surface area contributed by atoms with Gasteiger partial charge in [-0.15, -0.1) is 0 Å². The first-order valence-corrected chi connectivity index (χ1v) is 10.2. The molecule has 0 radical (unpaired) electrons. The molecule has 2 heterocycles. The van der Waals surface area contributed by atoms with Crippen LogP contribution >= 0.6 is 0 Å². The Morgan fingerprint density at radius 2 is 1.50 bits per heavy atom. The van der Waals surface area contributed by atoms with E-state index < -0.39 is 29.2 Å². The fourth-order valence-electron chi connectivity index (χ4n) is 3.93. The van der Waals surface area contributed by atoms with Crippen molar-refractivity contribution in [1.29, 1.82) is 0 Å². The number of hydrogen-bond acceptors (Lipinski definition) is 3. The summed E-state index contributed by atoms with van der Waals surface area (Å²) < 4.78 is 46.9. The third kappa shape index (κ3) is 3.17. The molecule has 0 fully saturated rings.